The fourth-order valence-corrected chi connectivity index (χ4v) is 5.30. The predicted octanol–water partition coefficient (Wildman–Crippen LogP) is 6.91. The Morgan fingerprint density at radius 3 is 2.54 bits per heavy atom. The lowest BCUT2D eigenvalue weighted by Crippen LogP contribution is -2.25. The van der Waals surface area contributed by atoms with E-state index in [1.807, 2.05) is 42.6 Å². The average Bonchev–Trinajstić information content (AvgIpc) is 3.21. The summed E-state index contributed by atoms with van der Waals surface area (Å²) in [6.45, 7) is 8.37. The van der Waals surface area contributed by atoms with E-state index >= 15 is 0 Å². The van der Waals surface area contributed by atoms with Gasteiger partial charge < -0.3 is 9.30 Å². The molecular weight excluding hydrogens is 460 g/mol. The van der Waals surface area contributed by atoms with Gasteiger partial charge in [0.2, 0.25) is 0 Å². The molecule has 0 saturated heterocycles. The highest BCUT2D eigenvalue weighted by molar-refractivity contribution is 5.82. The summed E-state index contributed by atoms with van der Waals surface area (Å²) in [7, 11) is 0. The van der Waals surface area contributed by atoms with Crippen LogP contribution in [-0.4, -0.2) is 26.5 Å². The third-order valence-corrected chi connectivity index (χ3v) is 7.54. The van der Waals surface area contributed by atoms with Crippen molar-refractivity contribution in [3.05, 3.63) is 87.7 Å². The molecule has 0 N–H and O–H groups in total. The molecule has 192 valence electrons. The summed E-state index contributed by atoms with van der Waals surface area (Å²) in [6, 6.07) is 17.9. The maximum Gasteiger partial charge on any atom is 0.282 e. The molecule has 5 rings (SSSR count). The second-order valence-corrected chi connectivity index (χ2v) is 10.2. The minimum absolute atomic E-state index is 0.104. The number of rotatable bonds is 7. The number of aromatic nitrogens is 3. The first-order valence-electron chi connectivity index (χ1n) is 13.5. The zero-order valence-corrected chi connectivity index (χ0v) is 22.3. The van der Waals surface area contributed by atoms with Crippen LogP contribution in [0.5, 0.6) is 5.75 Å². The molecule has 6 nitrogen and oxygen atoms in total. The first-order valence-corrected chi connectivity index (χ1v) is 13.5. The lowest BCUT2D eigenvalue weighted by molar-refractivity contribution is 0.217. The Balaban J connectivity index is 1.51. The van der Waals surface area contributed by atoms with Crippen molar-refractivity contribution in [3.63, 3.8) is 0 Å². The number of aryl methyl sites for hydroxylation is 1. The van der Waals surface area contributed by atoms with E-state index in [2.05, 4.69) is 50.5 Å². The monoisotopic (exact) mass is 496 g/mol. The van der Waals surface area contributed by atoms with Crippen LogP contribution < -0.4 is 10.3 Å². The molecule has 0 aliphatic heterocycles. The van der Waals surface area contributed by atoms with Crippen molar-refractivity contribution in [1.82, 2.24) is 14.2 Å². The SMILES string of the molecule is CC[C@H](C)Oc1ccc(-n2c(C)cc(C=Nn3c(C4CCCCC4)nc4ccccc4c3=O)c2C)cc1. The van der Waals surface area contributed by atoms with Gasteiger partial charge >= 0.3 is 0 Å². The smallest absolute Gasteiger partial charge is 0.282 e. The fraction of sp³-hybridized carbons (Fsp3) is 0.387. The van der Waals surface area contributed by atoms with Crippen molar-refractivity contribution < 1.29 is 4.74 Å². The molecule has 6 heteroatoms. The van der Waals surface area contributed by atoms with Crippen LogP contribution >= 0.6 is 0 Å². The lowest BCUT2D eigenvalue weighted by Gasteiger charge is -2.22. The Labute approximate surface area is 218 Å². The van der Waals surface area contributed by atoms with E-state index < -0.39 is 0 Å². The normalized spacial score (nSPS) is 15.5. The number of nitrogens with zero attached hydrogens (tertiary/aromatic N) is 4. The van der Waals surface area contributed by atoms with Crippen molar-refractivity contribution in [1.29, 1.82) is 0 Å². The molecule has 0 spiro atoms. The van der Waals surface area contributed by atoms with Crippen LogP contribution in [0, 0.1) is 13.8 Å². The van der Waals surface area contributed by atoms with Crippen LogP contribution in [0.1, 0.15) is 81.1 Å². The summed E-state index contributed by atoms with van der Waals surface area (Å²) >= 11 is 0. The van der Waals surface area contributed by atoms with E-state index in [4.69, 9.17) is 14.8 Å². The topological polar surface area (TPSA) is 61.4 Å². The minimum atomic E-state index is -0.104. The van der Waals surface area contributed by atoms with Gasteiger partial charge in [-0.3, -0.25) is 4.79 Å². The number of ether oxygens (including phenoxy) is 1. The molecular formula is C31H36N4O2. The highest BCUT2D eigenvalue weighted by atomic mass is 16.5. The van der Waals surface area contributed by atoms with Crippen LogP contribution in [-0.2, 0) is 0 Å². The zero-order valence-electron chi connectivity index (χ0n) is 22.3. The molecule has 1 aliphatic carbocycles. The Hall–Kier alpha value is -3.67. The van der Waals surface area contributed by atoms with Crippen LogP contribution in [0.4, 0.5) is 0 Å². The maximum atomic E-state index is 13.5. The van der Waals surface area contributed by atoms with Gasteiger partial charge in [-0.05, 0) is 82.5 Å². The number of fused-ring (bicyclic) bond motifs is 1. The fourth-order valence-electron chi connectivity index (χ4n) is 5.30. The molecule has 1 atom stereocenters. The Morgan fingerprint density at radius 2 is 1.81 bits per heavy atom. The predicted molar refractivity (Wildman–Crippen MR) is 150 cm³/mol. The van der Waals surface area contributed by atoms with Crippen molar-refractivity contribution in [2.45, 2.75) is 78.2 Å². The van der Waals surface area contributed by atoms with Gasteiger partial charge in [0.1, 0.15) is 11.6 Å². The lowest BCUT2D eigenvalue weighted by atomic mass is 9.88. The van der Waals surface area contributed by atoms with E-state index in [1.165, 1.54) is 19.3 Å². The first-order chi connectivity index (χ1) is 18.0. The van der Waals surface area contributed by atoms with Crippen molar-refractivity contribution >= 4 is 17.1 Å². The summed E-state index contributed by atoms with van der Waals surface area (Å²) in [6.07, 6.45) is 8.64. The first kappa shape index (κ1) is 25.0. The average molecular weight is 497 g/mol. The van der Waals surface area contributed by atoms with Gasteiger partial charge in [-0.25, -0.2) is 4.98 Å². The van der Waals surface area contributed by atoms with E-state index in [0.717, 1.165) is 59.0 Å². The summed E-state index contributed by atoms with van der Waals surface area (Å²) in [5.41, 5.74) is 4.86. The van der Waals surface area contributed by atoms with Crippen molar-refractivity contribution in [3.8, 4) is 11.4 Å². The number of benzene rings is 2. The molecule has 2 aromatic carbocycles. The molecule has 0 amide bonds. The molecule has 0 radical (unpaired) electrons. The van der Waals surface area contributed by atoms with E-state index in [0.29, 0.717) is 5.39 Å². The Kier molecular flexibility index (Phi) is 7.26. The van der Waals surface area contributed by atoms with Gasteiger partial charge in [-0.15, -0.1) is 0 Å². The standard InChI is InChI=1S/C31H36N4O2/c1-5-22(3)37-27-17-15-26(16-18-27)34-21(2)19-25(23(34)4)20-32-35-30(24-11-7-6-8-12-24)33-29-14-10-9-13-28(29)31(35)36/h9-10,13-20,22,24H,5-8,11-12H2,1-4H3/t22-/m0/s1. The van der Waals surface area contributed by atoms with Crippen LogP contribution in [0.15, 0.2) is 64.5 Å². The molecule has 37 heavy (non-hydrogen) atoms. The van der Waals surface area contributed by atoms with Crippen LogP contribution in [0.3, 0.4) is 0 Å². The zero-order chi connectivity index (χ0) is 25.9. The van der Waals surface area contributed by atoms with Gasteiger partial charge in [0.15, 0.2) is 0 Å². The highest BCUT2D eigenvalue weighted by Gasteiger charge is 2.22. The van der Waals surface area contributed by atoms with E-state index in [-0.39, 0.29) is 17.6 Å². The highest BCUT2D eigenvalue weighted by Crippen LogP contribution is 2.32. The van der Waals surface area contributed by atoms with Gasteiger partial charge in [-0.2, -0.15) is 9.78 Å². The molecule has 1 saturated carbocycles. The summed E-state index contributed by atoms with van der Waals surface area (Å²) in [5.74, 6) is 1.91. The molecule has 2 aromatic heterocycles. The largest absolute Gasteiger partial charge is 0.491 e. The maximum absolute atomic E-state index is 13.5. The van der Waals surface area contributed by atoms with Gasteiger partial charge in [0.25, 0.3) is 5.56 Å². The molecule has 2 heterocycles. The molecule has 0 unspecified atom stereocenters. The van der Waals surface area contributed by atoms with E-state index in [1.54, 1.807) is 4.68 Å². The Morgan fingerprint density at radius 1 is 1.08 bits per heavy atom. The number of para-hydroxylation sites is 1. The van der Waals surface area contributed by atoms with Gasteiger partial charge in [0, 0.05) is 28.6 Å². The van der Waals surface area contributed by atoms with Crippen LogP contribution in [0.2, 0.25) is 0 Å². The van der Waals surface area contributed by atoms with E-state index in [9.17, 15) is 4.79 Å². The second kappa shape index (κ2) is 10.8. The van der Waals surface area contributed by atoms with Crippen molar-refractivity contribution in [2.75, 3.05) is 0 Å². The van der Waals surface area contributed by atoms with Crippen molar-refractivity contribution in [2.24, 2.45) is 5.10 Å². The molecule has 1 fully saturated rings. The molecule has 1 aliphatic rings. The quantitative estimate of drug-likeness (QED) is 0.261. The summed E-state index contributed by atoms with van der Waals surface area (Å²) in [4.78, 5) is 18.4. The molecule has 4 aromatic rings. The van der Waals surface area contributed by atoms with Crippen LogP contribution in [0.25, 0.3) is 16.6 Å². The summed E-state index contributed by atoms with van der Waals surface area (Å²) < 4.78 is 9.70. The second-order valence-electron chi connectivity index (χ2n) is 10.2. The number of hydrogen-bond acceptors (Lipinski definition) is 4. The third-order valence-electron chi connectivity index (χ3n) is 7.54. The number of hydrogen-bond donors (Lipinski definition) is 0. The molecule has 0 bridgehead atoms. The minimum Gasteiger partial charge on any atom is -0.491 e. The summed E-state index contributed by atoms with van der Waals surface area (Å²) in [5, 5.41) is 5.35. The Bertz CT molecular complexity index is 1470. The van der Waals surface area contributed by atoms with Gasteiger partial charge in [-0.1, -0.05) is 38.3 Å². The third kappa shape index (κ3) is 5.10. The van der Waals surface area contributed by atoms with Gasteiger partial charge in [0.05, 0.1) is 23.2 Å².